The van der Waals surface area contributed by atoms with Crippen molar-refractivity contribution in [3.63, 3.8) is 0 Å². The average Bonchev–Trinajstić information content (AvgIpc) is 2.51. The third-order valence-corrected chi connectivity index (χ3v) is 5.47. The van der Waals surface area contributed by atoms with Gasteiger partial charge in [-0.2, -0.15) is 0 Å². The second-order valence-electron chi connectivity index (χ2n) is 10.7. The summed E-state index contributed by atoms with van der Waals surface area (Å²) in [5.74, 6) is 0.217. The second-order valence-corrected chi connectivity index (χ2v) is 10.7. The first kappa shape index (κ1) is 28.1. The molecule has 0 heterocycles. The molecule has 4 heteroatoms. The van der Waals surface area contributed by atoms with Crippen molar-refractivity contribution in [2.45, 2.75) is 118 Å². The maximum Gasteiger partial charge on any atom is 0.330 e. The normalized spacial score (nSPS) is 15.3. The van der Waals surface area contributed by atoms with Crippen molar-refractivity contribution in [3.05, 3.63) is 12.7 Å². The predicted molar refractivity (Wildman–Crippen MR) is 122 cm³/mol. The molecule has 0 aromatic heterocycles. The monoisotopic (exact) mass is 412 g/mol. The number of carbonyl (C=O) groups excluding carboxylic acids is 1. The van der Waals surface area contributed by atoms with Gasteiger partial charge in [0.05, 0.1) is 17.8 Å². The molecule has 0 saturated carbocycles. The van der Waals surface area contributed by atoms with Gasteiger partial charge in [-0.1, -0.05) is 33.8 Å². The predicted octanol–water partition coefficient (Wildman–Crippen LogP) is 6.72. The Hall–Kier alpha value is -0.870. The minimum atomic E-state index is -0.571. The van der Waals surface area contributed by atoms with Gasteiger partial charge in [0.2, 0.25) is 0 Å². The molecule has 29 heavy (non-hydrogen) atoms. The molecule has 0 radical (unpaired) electrons. The molecule has 0 N–H and O–H groups in total. The summed E-state index contributed by atoms with van der Waals surface area (Å²) >= 11 is 0. The quantitative estimate of drug-likeness (QED) is 0.221. The van der Waals surface area contributed by atoms with E-state index in [-0.39, 0.29) is 16.6 Å². The summed E-state index contributed by atoms with van der Waals surface area (Å²) in [7, 11) is 0. The number of hydrogen-bond acceptors (Lipinski definition) is 4. The lowest BCUT2D eigenvalue weighted by atomic mass is 9.66. The molecule has 1 atom stereocenters. The molecule has 0 aromatic carbocycles. The van der Waals surface area contributed by atoms with E-state index in [1.54, 1.807) is 0 Å². The van der Waals surface area contributed by atoms with Gasteiger partial charge in [-0.25, -0.2) is 4.79 Å². The zero-order valence-electron chi connectivity index (χ0n) is 20.9. The molecule has 0 aliphatic carbocycles. The minimum Gasteiger partial charge on any atom is -0.456 e. The van der Waals surface area contributed by atoms with Gasteiger partial charge in [0, 0.05) is 19.1 Å². The highest BCUT2D eigenvalue weighted by Crippen LogP contribution is 2.46. The third-order valence-electron chi connectivity index (χ3n) is 5.47. The molecule has 0 fully saturated rings. The smallest absolute Gasteiger partial charge is 0.330 e. The van der Waals surface area contributed by atoms with Crippen molar-refractivity contribution < 1.29 is 19.0 Å². The maximum absolute atomic E-state index is 11.5. The Morgan fingerprint density at radius 3 is 1.86 bits per heavy atom. The van der Waals surface area contributed by atoms with Crippen LogP contribution < -0.4 is 0 Å². The van der Waals surface area contributed by atoms with Gasteiger partial charge < -0.3 is 14.2 Å². The summed E-state index contributed by atoms with van der Waals surface area (Å²) in [6, 6.07) is 0. The third kappa shape index (κ3) is 11.8. The first-order valence-electron chi connectivity index (χ1n) is 11.2. The molecular weight excluding hydrogens is 364 g/mol. The van der Waals surface area contributed by atoms with E-state index in [1.165, 1.54) is 6.08 Å². The summed E-state index contributed by atoms with van der Waals surface area (Å²) in [4.78, 5) is 11.5. The molecule has 172 valence electrons. The standard InChI is InChI=1S/C25H48O4/c1-12-21(26)29-22(6,7)15-16-28-24(10,11)19-25(13-2,17-20(4)5)18-23(8,9)27-14-3/h12,20H,1,13-19H2,2-11H3. The van der Waals surface area contributed by atoms with Crippen molar-refractivity contribution in [2.24, 2.45) is 11.3 Å². The molecule has 0 aliphatic heterocycles. The van der Waals surface area contributed by atoms with Gasteiger partial charge in [0.25, 0.3) is 0 Å². The van der Waals surface area contributed by atoms with Crippen LogP contribution in [0.1, 0.15) is 101 Å². The van der Waals surface area contributed by atoms with E-state index in [0.29, 0.717) is 18.9 Å². The minimum absolute atomic E-state index is 0.154. The van der Waals surface area contributed by atoms with E-state index in [1.807, 2.05) is 13.8 Å². The fourth-order valence-corrected chi connectivity index (χ4v) is 4.70. The van der Waals surface area contributed by atoms with Gasteiger partial charge in [0.15, 0.2) is 0 Å². The van der Waals surface area contributed by atoms with Crippen LogP contribution in [-0.2, 0) is 19.0 Å². The Balaban J connectivity index is 5.19. The summed E-state index contributed by atoms with van der Waals surface area (Å²) < 4.78 is 17.8. The van der Waals surface area contributed by atoms with Crippen molar-refractivity contribution in [1.29, 1.82) is 0 Å². The SMILES string of the molecule is C=CC(=O)OC(C)(C)CCOC(C)(C)CC(CC)(CC(C)C)CC(C)(C)OCC. The Morgan fingerprint density at radius 1 is 0.931 bits per heavy atom. The van der Waals surface area contributed by atoms with E-state index in [2.05, 4.69) is 62.0 Å². The molecule has 4 nitrogen and oxygen atoms in total. The molecule has 1 unspecified atom stereocenters. The van der Waals surface area contributed by atoms with Gasteiger partial charge in [0.1, 0.15) is 5.60 Å². The van der Waals surface area contributed by atoms with Crippen LogP contribution >= 0.6 is 0 Å². The van der Waals surface area contributed by atoms with Crippen LogP contribution in [0.3, 0.4) is 0 Å². The highest BCUT2D eigenvalue weighted by molar-refractivity contribution is 5.81. The van der Waals surface area contributed by atoms with Crippen LogP contribution in [0.5, 0.6) is 0 Å². The summed E-state index contributed by atoms with van der Waals surface area (Å²) in [6.45, 7) is 26.2. The fourth-order valence-electron chi connectivity index (χ4n) is 4.70. The Labute approximate surface area is 180 Å². The molecular formula is C25H48O4. The van der Waals surface area contributed by atoms with Crippen LogP contribution in [-0.4, -0.2) is 36.0 Å². The van der Waals surface area contributed by atoms with E-state index in [0.717, 1.165) is 32.3 Å². The molecule has 0 aromatic rings. The highest BCUT2D eigenvalue weighted by atomic mass is 16.6. The average molecular weight is 413 g/mol. The summed E-state index contributed by atoms with van der Waals surface area (Å²) in [5.41, 5.74) is -0.846. The van der Waals surface area contributed by atoms with Gasteiger partial charge in [-0.3, -0.25) is 0 Å². The molecule has 0 rings (SSSR count). The van der Waals surface area contributed by atoms with Crippen LogP contribution in [0.15, 0.2) is 12.7 Å². The highest BCUT2D eigenvalue weighted by Gasteiger charge is 2.40. The summed E-state index contributed by atoms with van der Waals surface area (Å²) in [6.07, 6.45) is 6.07. The van der Waals surface area contributed by atoms with Crippen molar-refractivity contribution in [1.82, 2.24) is 0 Å². The van der Waals surface area contributed by atoms with E-state index in [9.17, 15) is 4.79 Å². The van der Waals surface area contributed by atoms with Gasteiger partial charge >= 0.3 is 5.97 Å². The second kappa shape index (κ2) is 11.5. The lowest BCUT2D eigenvalue weighted by molar-refractivity contribution is -0.153. The van der Waals surface area contributed by atoms with Crippen LogP contribution in [0, 0.1) is 11.3 Å². The van der Waals surface area contributed by atoms with Crippen molar-refractivity contribution in [2.75, 3.05) is 13.2 Å². The van der Waals surface area contributed by atoms with Crippen LogP contribution in [0.2, 0.25) is 0 Å². The maximum atomic E-state index is 11.5. The van der Waals surface area contributed by atoms with E-state index < -0.39 is 11.6 Å². The zero-order valence-corrected chi connectivity index (χ0v) is 20.9. The Kier molecular flexibility index (Phi) is 11.2. The first-order valence-corrected chi connectivity index (χ1v) is 11.2. The lowest BCUT2D eigenvalue weighted by Crippen LogP contribution is -2.41. The van der Waals surface area contributed by atoms with E-state index in [4.69, 9.17) is 14.2 Å². The molecule has 0 bridgehead atoms. The fraction of sp³-hybridized carbons (Fsp3) is 0.880. The van der Waals surface area contributed by atoms with Crippen LogP contribution in [0.25, 0.3) is 0 Å². The Morgan fingerprint density at radius 2 is 1.45 bits per heavy atom. The topological polar surface area (TPSA) is 44.8 Å². The molecule has 0 spiro atoms. The Bertz CT molecular complexity index is 505. The van der Waals surface area contributed by atoms with Crippen molar-refractivity contribution >= 4 is 5.97 Å². The first-order chi connectivity index (χ1) is 13.1. The largest absolute Gasteiger partial charge is 0.456 e. The number of hydrogen-bond donors (Lipinski definition) is 0. The lowest BCUT2D eigenvalue weighted by Gasteiger charge is -2.45. The zero-order chi connectivity index (χ0) is 22.9. The number of rotatable bonds is 15. The molecule has 0 amide bonds. The van der Waals surface area contributed by atoms with Gasteiger partial charge in [-0.05, 0) is 79.1 Å². The molecule has 0 aliphatic rings. The number of carbonyl (C=O) groups is 1. The van der Waals surface area contributed by atoms with Crippen LogP contribution in [0.4, 0.5) is 0 Å². The number of esters is 1. The molecule has 0 saturated heterocycles. The summed E-state index contributed by atoms with van der Waals surface area (Å²) in [5, 5.41) is 0. The van der Waals surface area contributed by atoms with Gasteiger partial charge in [-0.15, -0.1) is 0 Å². The van der Waals surface area contributed by atoms with Crippen molar-refractivity contribution in [3.8, 4) is 0 Å². The number of ether oxygens (including phenoxy) is 3. The van der Waals surface area contributed by atoms with E-state index >= 15 is 0 Å².